The van der Waals surface area contributed by atoms with Gasteiger partial charge >= 0.3 is 25.6 Å². The van der Waals surface area contributed by atoms with Gasteiger partial charge in [-0.15, -0.1) is 0 Å². The van der Waals surface area contributed by atoms with Crippen molar-refractivity contribution in [2.45, 2.75) is 17.9 Å². The maximum atomic E-state index is 10.7. The van der Waals surface area contributed by atoms with Gasteiger partial charge in [-0.1, -0.05) is 0 Å². The van der Waals surface area contributed by atoms with Crippen LogP contribution >= 0.6 is 15.2 Å². The SMILES string of the molecule is NCCCC(O)(P(=O)(O)O)P(=O)(O)O.O=S(=O)(O)O. The van der Waals surface area contributed by atoms with Crippen molar-refractivity contribution in [3.05, 3.63) is 0 Å². The van der Waals surface area contributed by atoms with E-state index in [1.54, 1.807) is 0 Å². The number of hydrogen-bond acceptors (Lipinski definition) is 6. The van der Waals surface area contributed by atoms with Gasteiger partial charge in [-0.3, -0.25) is 18.2 Å². The Morgan fingerprint density at radius 3 is 1.42 bits per heavy atom. The van der Waals surface area contributed by atoms with E-state index < -0.39 is 37.1 Å². The Balaban J connectivity index is 0. The van der Waals surface area contributed by atoms with Crippen LogP contribution in [0.3, 0.4) is 0 Å². The summed E-state index contributed by atoms with van der Waals surface area (Å²) in [6.45, 7) is -0.0394. The summed E-state index contributed by atoms with van der Waals surface area (Å²) in [5.74, 6) is 0. The van der Waals surface area contributed by atoms with E-state index in [0.29, 0.717) is 0 Å². The van der Waals surface area contributed by atoms with Gasteiger partial charge in [-0.05, 0) is 13.0 Å². The molecule has 0 saturated heterocycles. The summed E-state index contributed by atoms with van der Waals surface area (Å²) >= 11 is 0. The Morgan fingerprint density at radius 2 is 1.26 bits per heavy atom. The van der Waals surface area contributed by atoms with Crippen LogP contribution in [0, 0.1) is 0 Å². The summed E-state index contributed by atoms with van der Waals surface area (Å²) in [5.41, 5.74) is 5.01. The van der Waals surface area contributed by atoms with Gasteiger partial charge in [0.2, 0.25) is 0 Å². The number of rotatable bonds is 5. The molecule has 12 nitrogen and oxygen atoms in total. The van der Waals surface area contributed by atoms with Crippen molar-refractivity contribution in [1.29, 1.82) is 0 Å². The van der Waals surface area contributed by atoms with E-state index in [1.165, 1.54) is 0 Å². The molecular weight excluding hydrogens is 332 g/mol. The minimum Gasteiger partial charge on any atom is -0.368 e. The second-order valence-electron chi connectivity index (χ2n) is 3.20. The zero-order chi connectivity index (χ0) is 16.1. The summed E-state index contributed by atoms with van der Waals surface area (Å²) in [4.78, 5) is 34.5. The monoisotopic (exact) mass is 347 g/mol. The Bertz CT molecular complexity index is 431. The first-order valence-corrected chi connectivity index (χ1v) is 8.92. The van der Waals surface area contributed by atoms with E-state index in [2.05, 4.69) is 0 Å². The Labute approximate surface area is 108 Å². The summed E-state index contributed by atoms with van der Waals surface area (Å²) < 4.78 is 53.0. The highest BCUT2D eigenvalue weighted by atomic mass is 32.3. The molecule has 0 bridgehead atoms. The van der Waals surface area contributed by atoms with Crippen LogP contribution in [0.2, 0.25) is 0 Å². The molecule has 0 heterocycles. The standard InChI is InChI=1S/C4H13NO7P2.H2O4S/c5-3-1-2-4(6,13(7,8)9)14(10,11)12;1-5(2,3)4/h6H,1-3,5H2,(H2,7,8,9)(H2,10,11,12);(H2,1,2,3,4). The minimum atomic E-state index is -5.30. The zero-order valence-corrected chi connectivity index (χ0v) is 11.9. The molecular formula is C4H15NO11P2S. The Kier molecular flexibility index (Phi) is 8.10. The minimum absolute atomic E-state index is 0.0394. The molecule has 0 amide bonds. The average Bonchev–Trinajstić information content (AvgIpc) is 2.07. The van der Waals surface area contributed by atoms with Crippen LogP contribution in [0.1, 0.15) is 12.8 Å². The van der Waals surface area contributed by atoms with Crippen LogP contribution in [0.5, 0.6) is 0 Å². The number of aliphatic hydroxyl groups is 1. The largest absolute Gasteiger partial charge is 0.394 e. The van der Waals surface area contributed by atoms with Crippen LogP contribution in [0.25, 0.3) is 0 Å². The predicted molar refractivity (Wildman–Crippen MR) is 61.5 cm³/mol. The molecule has 0 saturated carbocycles. The molecule has 118 valence electrons. The van der Waals surface area contributed by atoms with Gasteiger partial charge in [-0.25, -0.2) is 0 Å². The van der Waals surface area contributed by atoms with Crippen molar-refractivity contribution in [1.82, 2.24) is 0 Å². The first-order chi connectivity index (χ1) is 8.06. The van der Waals surface area contributed by atoms with Gasteiger partial charge in [0.1, 0.15) is 0 Å². The molecule has 0 rings (SSSR count). The molecule has 0 unspecified atom stereocenters. The molecule has 19 heavy (non-hydrogen) atoms. The van der Waals surface area contributed by atoms with Crippen molar-refractivity contribution in [3.8, 4) is 0 Å². The molecule has 0 aromatic carbocycles. The lowest BCUT2D eigenvalue weighted by Gasteiger charge is -2.28. The zero-order valence-electron chi connectivity index (χ0n) is 9.26. The van der Waals surface area contributed by atoms with Gasteiger partial charge in [0.15, 0.2) is 0 Å². The molecule has 0 fully saturated rings. The van der Waals surface area contributed by atoms with Gasteiger partial charge in [-0.2, -0.15) is 8.42 Å². The third kappa shape index (κ3) is 8.78. The molecule has 0 aliphatic carbocycles. The van der Waals surface area contributed by atoms with Gasteiger partial charge < -0.3 is 30.4 Å². The first-order valence-electron chi connectivity index (χ1n) is 4.30. The predicted octanol–water partition coefficient (Wildman–Crippen LogP) is -1.93. The van der Waals surface area contributed by atoms with E-state index in [-0.39, 0.29) is 13.0 Å². The molecule has 0 aromatic heterocycles. The quantitative estimate of drug-likeness (QED) is 0.200. The van der Waals surface area contributed by atoms with Crippen molar-refractivity contribution in [2.24, 2.45) is 5.73 Å². The van der Waals surface area contributed by atoms with Crippen LogP contribution < -0.4 is 5.73 Å². The fourth-order valence-electron chi connectivity index (χ4n) is 0.800. The van der Waals surface area contributed by atoms with Crippen molar-refractivity contribution in [3.63, 3.8) is 0 Å². The first kappa shape index (κ1) is 21.4. The van der Waals surface area contributed by atoms with Gasteiger partial charge in [0.05, 0.1) is 0 Å². The third-order valence-electron chi connectivity index (χ3n) is 1.65. The van der Waals surface area contributed by atoms with Crippen LogP contribution in [-0.2, 0) is 19.5 Å². The maximum Gasteiger partial charge on any atom is 0.394 e. The van der Waals surface area contributed by atoms with Crippen LogP contribution in [0.4, 0.5) is 0 Å². The van der Waals surface area contributed by atoms with Crippen LogP contribution in [-0.4, -0.2) is 53.8 Å². The normalized spacial score (nSPS) is 13.7. The maximum absolute atomic E-state index is 10.7. The van der Waals surface area contributed by atoms with E-state index in [1.807, 2.05) is 0 Å². The fourth-order valence-corrected chi connectivity index (χ4v) is 3.06. The Hall–Kier alpha value is 0.0900. The topological polar surface area (TPSA) is 236 Å². The van der Waals surface area contributed by atoms with Crippen molar-refractivity contribution < 1.29 is 51.3 Å². The molecule has 0 atom stereocenters. The summed E-state index contributed by atoms with van der Waals surface area (Å²) in [7, 11) is -15.3. The second kappa shape index (κ2) is 7.20. The average molecular weight is 347 g/mol. The summed E-state index contributed by atoms with van der Waals surface area (Å²) in [5, 5.41) is 5.91. The highest BCUT2D eigenvalue weighted by molar-refractivity contribution is 7.79. The van der Waals surface area contributed by atoms with Crippen molar-refractivity contribution >= 4 is 25.6 Å². The lowest BCUT2D eigenvalue weighted by molar-refractivity contribution is 0.121. The molecule has 15 heteroatoms. The molecule has 0 aromatic rings. The van der Waals surface area contributed by atoms with Crippen LogP contribution in [0.15, 0.2) is 0 Å². The summed E-state index contributed by atoms with van der Waals surface area (Å²) in [6, 6.07) is 0. The second-order valence-corrected chi connectivity index (χ2v) is 8.11. The van der Waals surface area contributed by atoms with E-state index >= 15 is 0 Å². The smallest absolute Gasteiger partial charge is 0.368 e. The molecule has 0 aliphatic rings. The lowest BCUT2D eigenvalue weighted by atomic mass is 10.3. The van der Waals surface area contributed by atoms with E-state index in [4.69, 9.17) is 42.8 Å². The fraction of sp³-hybridized carbons (Fsp3) is 1.00. The highest BCUT2D eigenvalue weighted by Gasteiger charge is 2.58. The Morgan fingerprint density at radius 1 is 1.00 bits per heavy atom. The number of nitrogens with two attached hydrogens (primary N) is 1. The molecule has 0 aliphatic heterocycles. The molecule has 0 spiro atoms. The molecule has 0 radical (unpaired) electrons. The van der Waals surface area contributed by atoms with Gasteiger partial charge in [0, 0.05) is 6.42 Å². The van der Waals surface area contributed by atoms with E-state index in [0.717, 1.165) is 0 Å². The highest BCUT2D eigenvalue weighted by Crippen LogP contribution is 2.69. The van der Waals surface area contributed by atoms with Gasteiger partial charge in [0.25, 0.3) is 5.08 Å². The van der Waals surface area contributed by atoms with Crippen molar-refractivity contribution in [2.75, 3.05) is 6.54 Å². The number of hydrogen-bond donors (Lipinski definition) is 8. The lowest BCUT2D eigenvalue weighted by Crippen LogP contribution is -2.29. The van der Waals surface area contributed by atoms with E-state index in [9.17, 15) is 14.2 Å². The summed E-state index contributed by atoms with van der Waals surface area (Å²) in [6.07, 6.45) is -0.856. The molecule has 9 N–H and O–H groups in total. The third-order valence-corrected chi connectivity index (χ3v) is 5.53.